The highest BCUT2D eigenvalue weighted by Gasteiger charge is 2.26. The van der Waals surface area contributed by atoms with E-state index in [-0.39, 0.29) is 12.0 Å². The fraction of sp³-hybridized carbons (Fsp3) is 0.909. The van der Waals surface area contributed by atoms with Gasteiger partial charge in [-0.15, -0.1) is 0 Å². The molecule has 2 saturated heterocycles. The highest BCUT2D eigenvalue weighted by molar-refractivity contribution is 5.73. The van der Waals surface area contributed by atoms with Crippen LogP contribution >= 0.6 is 0 Å². The molecule has 2 heterocycles. The molecule has 0 bridgehead atoms. The average molecular weight is 227 g/mol. The first-order chi connectivity index (χ1) is 7.65. The van der Waals surface area contributed by atoms with Crippen LogP contribution in [-0.2, 0) is 4.79 Å². The largest absolute Gasteiger partial charge is 0.392 e. The maximum atomic E-state index is 11.3. The summed E-state index contributed by atoms with van der Waals surface area (Å²) in [4.78, 5) is 15.4. The van der Waals surface area contributed by atoms with E-state index >= 15 is 0 Å². The van der Waals surface area contributed by atoms with E-state index in [1.165, 1.54) is 0 Å². The molecule has 5 nitrogen and oxygen atoms in total. The molecule has 92 valence electrons. The van der Waals surface area contributed by atoms with Crippen LogP contribution in [-0.4, -0.2) is 72.2 Å². The number of nitrogens with zero attached hydrogens (tertiary/aromatic N) is 2. The number of β-amino-alcohol motifs (C(OH)–C–C–N with tert-alkyl or cyclic N) is 1. The van der Waals surface area contributed by atoms with E-state index in [0.717, 1.165) is 45.7 Å². The zero-order chi connectivity index (χ0) is 11.5. The number of hydrogen-bond donors (Lipinski definition) is 2. The molecule has 0 radical (unpaired) electrons. The third-order valence-electron chi connectivity index (χ3n) is 3.43. The van der Waals surface area contributed by atoms with Gasteiger partial charge < -0.3 is 15.3 Å². The second kappa shape index (κ2) is 5.12. The number of carbonyl (C=O) groups is 1. The Morgan fingerprint density at radius 3 is 2.88 bits per heavy atom. The first-order valence-electron chi connectivity index (χ1n) is 6.04. The molecule has 0 aromatic carbocycles. The molecular weight excluding hydrogens is 206 g/mol. The molecule has 2 atom stereocenters. The Bertz CT molecular complexity index is 260. The SMILES string of the molecule is CC(=O)N1CCNC(CN2CCC(O)C2)C1. The Balaban J connectivity index is 1.79. The predicted molar refractivity (Wildman–Crippen MR) is 61.1 cm³/mol. The van der Waals surface area contributed by atoms with E-state index in [9.17, 15) is 9.90 Å². The highest BCUT2D eigenvalue weighted by atomic mass is 16.3. The van der Waals surface area contributed by atoms with Crippen molar-refractivity contribution in [1.82, 2.24) is 15.1 Å². The van der Waals surface area contributed by atoms with Gasteiger partial charge in [-0.3, -0.25) is 9.69 Å². The van der Waals surface area contributed by atoms with Crippen molar-refractivity contribution in [3.05, 3.63) is 0 Å². The van der Waals surface area contributed by atoms with Crippen LogP contribution in [0.4, 0.5) is 0 Å². The molecule has 0 aromatic rings. The minimum absolute atomic E-state index is 0.160. The lowest BCUT2D eigenvalue weighted by molar-refractivity contribution is -0.130. The van der Waals surface area contributed by atoms with Gasteiger partial charge >= 0.3 is 0 Å². The van der Waals surface area contributed by atoms with Crippen LogP contribution in [0, 0.1) is 0 Å². The third kappa shape index (κ3) is 2.93. The van der Waals surface area contributed by atoms with Gasteiger partial charge in [0.15, 0.2) is 0 Å². The van der Waals surface area contributed by atoms with Crippen LogP contribution < -0.4 is 5.32 Å². The number of aliphatic hydroxyl groups excluding tert-OH is 1. The van der Waals surface area contributed by atoms with Gasteiger partial charge in [0.05, 0.1) is 6.10 Å². The maximum Gasteiger partial charge on any atom is 0.219 e. The first-order valence-corrected chi connectivity index (χ1v) is 6.04. The number of aliphatic hydroxyl groups is 1. The normalized spacial score (nSPS) is 32.0. The lowest BCUT2D eigenvalue weighted by atomic mass is 10.2. The second-order valence-electron chi connectivity index (χ2n) is 4.82. The number of likely N-dealkylation sites (tertiary alicyclic amines) is 1. The summed E-state index contributed by atoms with van der Waals surface area (Å²) in [6.45, 7) is 6.79. The summed E-state index contributed by atoms with van der Waals surface area (Å²) < 4.78 is 0. The van der Waals surface area contributed by atoms with E-state index in [1.807, 2.05) is 4.90 Å². The minimum atomic E-state index is -0.160. The second-order valence-corrected chi connectivity index (χ2v) is 4.82. The van der Waals surface area contributed by atoms with Crippen molar-refractivity contribution in [3.8, 4) is 0 Å². The van der Waals surface area contributed by atoms with Crippen molar-refractivity contribution >= 4 is 5.91 Å². The molecule has 2 fully saturated rings. The predicted octanol–water partition coefficient (Wildman–Crippen LogP) is -1.13. The minimum Gasteiger partial charge on any atom is -0.392 e. The number of piperazine rings is 1. The fourth-order valence-electron chi connectivity index (χ4n) is 2.52. The van der Waals surface area contributed by atoms with Crippen molar-refractivity contribution < 1.29 is 9.90 Å². The molecule has 2 unspecified atom stereocenters. The number of amides is 1. The van der Waals surface area contributed by atoms with Gasteiger partial charge in [-0.25, -0.2) is 0 Å². The monoisotopic (exact) mass is 227 g/mol. The van der Waals surface area contributed by atoms with Crippen molar-refractivity contribution in [3.63, 3.8) is 0 Å². The molecule has 2 aliphatic heterocycles. The first kappa shape index (κ1) is 11.8. The Hall–Kier alpha value is -0.650. The van der Waals surface area contributed by atoms with Crippen molar-refractivity contribution in [2.45, 2.75) is 25.5 Å². The Labute approximate surface area is 96.4 Å². The summed E-state index contributed by atoms with van der Waals surface area (Å²) in [7, 11) is 0. The van der Waals surface area contributed by atoms with Crippen molar-refractivity contribution in [2.75, 3.05) is 39.3 Å². The summed E-state index contributed by atoms with van der Waals surface area (Å²) in [6, 6.07) is 0.350. The van der Waals surface area contributed by atoms with Gasteiger partial charge in [0.2, 0.25) is 5.91 Å². The van der Waals surface area contributed by atoms with Gasteiger partial charge in [-0.1, -0.05) is 0 Å². The molecule has 2 rings (SSSR count). The van der Waals surface area contributed by atoms with Gasteiger partial charge in [0, 0.05) is 52.2 Å². The highest BCUT2D eigenvalue weighted by Crippen LogP contribution is 2.10. The summed E-state index contributed by atoms with van der Waals surface area (Å²) in [5.41, 5.74) is 0. The quantitative estimate of drug-likeness (QED) is 0.627. The van der Waals surface area contributed by atoms with Crippen LogP contribution in [0.1, 0.15) is 13.3 Å². The third-order valence-corrected chi connectivity index (χ3v) is 3.43. The topological polar surface area (TPSA) is 55.8 Å². The van der Waals surface area contributed by atoms with E-state index < -0.39 is 0 Å². The number of hydrogen-bond acceptors (Lipinski definition) is 4. The Kier molecular flexibility index (Phi) is 3.78. The van der Waals surface area contributed by atoms with E-state index in [0.29, 0.717) is 6.04 Å². The van der Waals surface area contributed by atoms with Crippen LogP contribution in [0.2, 0.25) is 0 Å². The maximum absolute atomic E-state index is 11.3. The van der Waals surface area contributed by atoms with Crippen LogP contribution in [0.3, 0.4) is 0 Å². The summed E-state index contributed by atoms with van der Waals surface area (Å²) in [5, 5.41) is 12.9. The summed E-state index contributed by atoms with van der Waals surface area (Å²) in [5.74, 6) is 0.160. The van der Waals surface area contributed by atoms with Crippen LogP contribution in [0.15, 0.2) is 0 Å². The number of carbonyl (C=O) groups excluding carboxylic acids is 1. The molecule has 2 N–H and O–H groups in total. The van der Waals surface area contributed by atoms with Gasteiger partial charge in [-0.2, -0.15) is 0 Å². The molecule has 5 heteroatoms. The molecule has 0 aromatic heterocycles. The molecule has 1 amide bonds. The van der Waals surface area contributed by atoms with Crippen LogP contribution in [0.25, 0.3) is 0 Å². The lowest BCUT2D eigenvalue weighted by Crippen LogP contribution is -2.55. The Morgan fingerprint density at radius 1 is 1.44 bits per heavy atom. The van der Waals surface area contributed by atoms with E-state index in [2.05, 4.69) is 10.2 Å². The van der Waals surface area contributed by atoms with Gasteiger partial charge in [0.25, 0.3) is 0 Å². The molecule has 0 aliphatic carbocycles. The zero-order valence-corrected chi connectivity index (χ0v) is 9.85. The fourth-order valence-corrected chi connectivity index (χ4v) is 2.52. The smallest absolute Gasteiger partial charge is 0.219 e. The van der Waals surface area contributed by atoms with Gasteiger partial charge in [-0.05, 0) is 6.42 Å². The molecule has 2 aliphatic rings. The van der Waals surface area contributed by atoms with Crippen molar-refractivity contribution in [1.29, 1.82) is 0 Å². The average Bonchev–Trinajstić information content (AvgIpc) is 2.64. The molecular formula is C11H21N3O2. The standard InChI is InChI=1S/C11H21N3O2/c1-9(15)14-5-3-12-10(7-14)6-13-4-2-11(16)8-13/h10-12,16H,2-8H2,1H3. The zero-order valence-electron chi connectivity index (χ0n) is 9.85. The molecule has 16 heavy (non-hydrogen) atoms. The van der Waals surface area contributed by atoms with E-state index in [4.69, 9.17) is 0 Å². The lowest BCUT2D eigenvalue weighted by Gasteiger charge is -2.35. The van der Waals surface area contributed by atoms with Crippen LogP contribution in [0.5, 0.6) is 0 Å². The molecule has 0 saturated carbocycles. The number of nitrogens with one attached hydrogen (secondary N) is 1. The summed E-state index contributed by atoms with van der Waals surface area (Å²) >= 11 is 0. The molecule has 0 spiro atoms. The Morgan fingerprint density at radius 2 is 2.25 bits per heavy atom. The van der Waals surface area contributed by atoms with Gasteiger partial charge in [0.1, 0.15) is 0 Å². The number of rotatable bonds is 2. The van der Waals surface area contributed by atoms with Crippen molar-refractivity contribution in [2.24, 2.45) is 0 Å². The summed E-state index contributed by atoms with van der Waals surface area (Å²) in [6.07, 6.45) is 0.718. The van der Waals surface area contributed by atoms with E-state index in [1.54, 1.807) is 6.92 Å².